The van der Waals surface area contributed by atoms with Crippen molar-refractivity contribution < 1.29 is 19.5 Å². The average molecular weight is 382 g/mol. The number of carbonyl (C=O) groups is 1. The van der Waals surface area contributed by atoms with Crippen LogP contribution < -0.4 is 4.74 Å². The first kappa shape index (κ1) is 19.9. The van der Waals surface area contributed by atoms with Crippen molar-refractivity contribution in [1.29, 1.82) is 0 Å². The van der Waals surface area contributed by atoms with Gasteiger partial charge in [-0.2, -0.15) is 0 Å². The Hall–Kier alpha value is -2.86. The molecule has 6 heteroatoms. The molecule has 28 heavy (non-hydrogen) atoms. The Morgan fingerprint density at radius 1 is 1.18 bits per heavy atom. The van der Waals surface area contributed by atoms with Crippen molar-refractivity contribution in [3.05, 3.63) is 65.7 Å². The molecule has 1 fully saturated rings. The van der Waals surface area contributed by atoms with Crippen LogP contribution in [0.2, 0.25) is 0 Å². The molecule has 0 unspecified atom stereocenters. The zero-order valence-electron chi connectivity index (χ0n) is 16.1. The van der Waals surface area contributed by atoms with Gasteiger partial charge >= 0.3 is 5.97 Å². The summed E-state index contributed by atoms with van der Waals surface area (Å²) in [5, 5.41) is 13.6. The standard InChI is InChI=1S/C22H26N2O4/c1-27-20-11-5-9-18(15-20)21(17-7-3-2-4-8-17)23-28-14-13-24-12-6-10-19(16-24)22(25)26/h2-5,7-9,11,15,19H,6,10,12-14,16H2,1H3,(H,25,26)/b23-21-/t19-/m1/s1. The summed E-state index contributed by atoms with van der Waals surface area (Å²) in [5.74, 6) is -0.240. The number of methoxy groups -OCH3 is 1. The van der Waals surface area contributed by atoms with Crippen LogP contribution in [0.25, 0.3) is 0 Å². The van der Waals surface area contributed by atoms with Gasteiger partial charge in [-0.3, -0.25) is 9.69 Å². The van der Waals surface area contributed by atoms with Crippen LogP contribution in [0.15, 0.2) is 59.8 Å². The lowest BCUT2D eigenvalue weighted by Crippen LogP contribution is -2.40. The van der Waals surface area contributed by atoms with E-state index >= 15 is 0 Å². The molecule has 0 saturated carbocycles. The topological polar surface area (TPSA) is 71.4 Å². The maximum absolute atomic E-state index is 11.2. The van der Waals surface area contributed by atoms with Crippen molar-refractivity contribution in [2.45, 2.75) is 12.8 Å². The summed E-state index contributed by atoms with van der Waals surface area (Å²) >= 11 is 0. The van der Waals surface area contributed by atoms with Gasteiger partial charge in [0.15, 0.2) is 0 Å². The Bertz CT molecular complexity index is 807. The van der Waals surface area contributed by atoms with Crippen molar-refractivity contribution in [2.24, 2.45) is 11.1 Å². The second kappa shape index (κ2) is 9.90. The molecular formula is C22H26N2O4. The second-order valence-corrected chi connectivity index (χ2v) is 6.85. The van der Waals surface area contributed by atoms with E-state index in [-0.39, 0.29) is 5.92 Å². The second-order valence-electron chi connectivity index (χ2n) is 6.85. The minimum atomic E-state index is -0.715. The number of rotatable bonds is 8. The average Bonchev–Trinajstić information content (AvgIpc) is 2.74. The van der Waals surface area contributed by atoms with Crippen LogP contribution in [-0.2, 0) is 9.63 Å². The van der Waals surface area contributed by atoms with E-state index in [4.69, 9.17) is 9.57 Å². The molecule has 0 radical (unpaired) electrons. The predicted molar refractivity (Wildman–Crippen MR) is 108 cm³/mol. The quantitative estimate of drug-likeness (QED) is 0.431. The van der Waals surface area contributed by atoms with Crippen molar-refractivity contribution in [2.75, 3.05) is 33.4 Å². The van der Waals surface area contributed by atoms with Crippen LogP contribution in [-0.4, -0.2) is 55.0 Å². The lowest BCUT2D eigenvalue weighted by atomic mass is 9.98. The third kappa shape index (κ3) is 5.33. The molecule has 1 heterocycles. The molecular weight excluding hydrogens is 356 g/mol. The Kier molecular flexibility index (Phi) is 7.03. The molecule has 0 amide bonds. The molecule has 1 saturated heterocycles. The minimum absolute atomic E-state index is 0.283. The zero-order chi connectivity index (χ0) is 19.8. The Balaban J connectivity index is 1.67. The van der Waals surface area contributed by atoms with Gasteiger partial charge in [-0.15, -0.1) is 0 Å². The highest BCUT2D eigenvalue weighted by atomic mass is 16.6. The number of oxime groups is 1. The summed E-state index contributed by atoms with van der Waals surface area (Å²) in [4.78, 5) is 19.0. The molecule has 1 aliphatic rings. The first-order chi connectivity index (χ1) is 13.7. The van der Waals surface area contributed by atoms with E-state index in [0.29, 0.717) is 19.7 Å². The fraction of sp³-hybridized carbons (Fsp3) is 0.364. The number of aliphatic carboxylic acids is 1. The lowest BCUT2D eigenvalue weighted by Gasteiger charge is -2.29. The van der Waals surface area contributed by atoms with Gasteiger partial charge in [-0.1, -0.05) is 47.6 Å². The summed E-state index contributed by atoms with van der Waals surface area (Å²) < 4.78 is 5.32. The fourth-order valence-corrected chi connectivity index (χ4v) is 3.38. The number of hydrogen-bond acceptors (Lipinski definition) is 5. The normalized spacial score (nSPS) is 17.9. The Morgan fingerprint density at radius 3 is 2.71 bits per heavy atom. The van der Waals surface area contributed by atoms with Gasteiger partial charge in [0, 0.05) is 24.2 Å². The number of hydrogen-bond donors (Lipinski definition) is 1. The smallest absolute Gasteiger partial charge is 0.307 e. The molecule has 6 nitrogen and oxygen atoms in total. The minimum Gasteiger partial charge on any atom is -0.497 e. The van der Waals surface area contributed by atoms with Crippen molar-refractivity contribution in [3.8, 4) is 5.75 Å². The molecule has 0 aromatic heterocycles. The molecule has 1 atom stereocenters. The summed E-state index contributed by atoms with van der Waals surface area (Å²) in [7, 11) is 1.64. The van der Waals surface area contributed by atoms with Gasteiger partial charge in [-0.05, 0) is 31.5 Å². The molecule has 1 N–H and O–H groups in total. The zero-order valence-corrected chi connectivity index (χ0v) is 16.1. The maximum Gasteiger partial charge on any atom is 0.307 e. The number of carboxylic acid groups (broad SMARTS) is 1. The number of carboxylic acids is 1. The summed E-state index contributed by atoms with van der Waals surface area (Å²) in [6, 6.07) is 17.6. The van der Waals surface area contributed by atoms with E-state index in [1.807, 2.05) is 54.6 Å². The van der Waals surface area contributed by atoms with Crippen LogP contribution in [0.5, 0.6) is 5.75 Å². The van der Waals surface area contributed by atoms with E-state index in [1.165, 1.54) is 0 Å². The monoisotopic (exact) mass is 382 g/mol. The highest BCUT2D eigenvalue weighted by Gasteiger charge is 2.25. The molecule has 3 rings (SSSR count). The molecule has 0 spiro atoms. The Labute approximate surface area is 165 Å². The van der Waals surface area contributed by atoms with Crippen LogP contribution >= 0.6 is 0 Å². The number of ether oxygens (including phenoxy) is 1. The van der Waals surface area contributed by atoms with Gasteiger partial charge < -0.3 is 14.7 Å². The van der Waals surface area contributed by atoms with E-state index < -0.39 is 5.97 Å². The lowest BCUT2D eigenvalue weighted by molar-refractivity contribution is -0.143. The van der Waals surface area contributed by atoms with Crippen LogP contribution in [0.4, 0.5) is 0 Å². The summed E-state index contributed by atoms with van der Waals surface area (Å²) in [6.45, 7) is 2.54. The Morgan fingerprint density at radius 2 is 1.96 bits per heavy atom. The van der Waals surface area contributed by atoms with Gasteiger partial charge in [-0.25, -0.2) is 0 Å². The molecule has 1 aliphatic heterocycles. The molecule has 0 aliphatic carbocycles. The van der Waals surface area contributed by atoms with Crippen LogP contribution in [0.1, 0.15) is 24.0 Å². The first-order valence-electron chi connectivity index (χ1n) is 9.52. The largest absolute Gasteiger partial charge is 0.497 e. The van der Waals surface area contributed by atoms with E-state index in [0.717, 1.165) is 42.0 Å². The van der Waals surface area contributed by atoms with Crippen LogP contribution in [0, 0.1) is 5.92 Å². The highest BCUT2D eigenvalue weighted by molar-refractivity contribution is 6.12. The first-order valence-corrected chi connectivity index (χ1v) is 9.52. The molecule has 2 aromatic rings. The highest BCUT2D eigenvalue weighted by Crippen LogP contribution is 2.18. The number of benzene rings is 2. The van der Waals surface area contributed by atoms with Crippen LogP contribution in [0.3, 0.4) is 0 Å². The van der Waals surface area contributed by atoms with Gasteiger partial charge in [0.2, 0.25) is 0 Å². The summed E-state index contributed by atoms with van der Waals surface area (Å²) in [5.41, 5.74) is 2.61. The van der Waals surface area contributed by atoms with Gasteiger partial charge in [0.25, 0.3) is 0 Å². The van der Waals surface area contributed by atoms with Crippen molar-refractivity contribution >= 4 is 11.7 Å². The maximum atomic E-state index is 11.2. The SMILES string of the molecule is COc1cccc(/C(=N\OCCN2CCC[C@@H](C(=O)O)C2)c2ccccc2)c1. The molecule has 0 bridgehead atoms. The number of nitrogens with zero attached hydrogens (tertiary/aromatic N) is 2. The number of likely N-dealkylation sites (tertiary alicyclic amines) is 1. The summed E-state index contributed by atoms with van der Waals surface area (Å²) in [6.07, 6.45) is 1.65. The van der Waals surface area contributed by atoms with Gasteiger partial charge in [0.05, 0.1) is 13.0 Å². The number of piperidine rings is 1. The third-order valence-corrected chi connectivity index (χ3v) is 4.90. The van der Waals surface area contributed by atoms with E-state index in [1.54, 1.807) is 7.11 Å². The fourth-order valence-electron chi connectivity index (χ4n) is 3.38. The van der Waals surface area contributed by atoms with Gasteiger partial charge in [0.1, 0.15) is 18.1 Å². The molecule has 148 valence electrons. The third-order valence-electron chi connectivity index (χ3n) is 4.90. The van der Waals surface area contributed by atoms with E-state index in [2.05, 4.69) is 10.1 Å². The molecule has 2 aromatic carbocycles. The van der Waals surface area contributed by atoms with E-state index in [9.17, 15) is 9.90 Å². The van der Waals surface area contributed by atoms with Crippen molar-refractivity contribution in [1.82, 2.24) is 4.90 Å². The van der Waals surface area contributed by atoms with Crippen molar-refractivity contribution in [3.63, 3.8) is 0 Å². The predicted octanol–water partition coefficient (Wildman–Crippen LogP) is 3.26.